The number of aromatic nitrogens is 2. The average molecular weight is 426 g/mol. The summed E-state index contributed by atoms with van der Waals surface area (Å²) in [6.07, 6.45) is -1.26. The Morgan fingerprint density at radius 2 is 1.93 bits per heavy atom. The molecule has 1 atom stereocenters. The molecule has 0 aliphatic carbocycles. The number of anilines is 1. The number of alkyl halides is 3. The van der Waals surface area contributed by atoms with Crippen LogP contribution in [-0.4, -0.2) is 15.5 Å². The number of amides is 1. The number of halogens is 4. The molecule has 4 nitrogen and oxygen atoms in total. The van der Waals surface area contributed by atoms with Gasteiger partial charge in [0.25, 0.3) is 0 Å². The summed E-state index contributed by atoms with van der Waals surface area (Å²) < 4.78 is 41.0. The van der Waals surface area contributed by atoms with E-state index in [1.165, 1.54) is 17.8 Å². The molecule has 3 aromatic rings. The van der Waals surface area contributed by atoms with E-state index in [-0.39, 0.29) is 5.69 Å². The van der Waals surface area contributed by atoms with Crippen LogP contribution in [-0.2, 0) is 18.0 Å². The normalized spacial score (nSPS) is 12.6. The van der Waals surface area contributed by atoms with E-state index in [0.29, 0.717) is 10.7 Å². The third-order valence-corrected chi connectivity index (χ3v) is 5.54. The van der Waals surface area contributed by atoms with Crippen LogP contribution in [0.15, 0.2) is 66.1 Å². The van der Waals surface area contributed by atoms with Crippen molar-refractivity contribution in [3.63, 3.8) is 0 Å². The number of carbonyl (C=O) groups excluding carboxylic acids is 1. The Labute approximate surface area is 168 Å². The van der Waals surface area contributed by atoms with Crippen molar-refractivity contribution in [2.75, 3.05) is 5.32 Å². The van der Waals surface area contributed by atoms with Crippen LogP contribution in [0.2, 0.25) is 5.02 Å². The zero-order chi connectivity index (χ0) is 20.3. The van der Waals surface area contributed by atoms with Crippen molar-refractivity contribution in [2.24, 2.45) is 7.05 Å². The van der Waals surface area contributed by atoms with Crippen LogP contribution in [0.5, 0.6) is 0 Å². The van der Waals surface area contributed by atoms with Crippen molar-refractivity contribution >= 4 is 35.0 Å². The van der Waals surface area contributed by atoms with E-state index in [2.05, 4.69) is 10.3 Å². The van der Waals surface area contributed by atoms with Gasteiger partial charge < -0.3 is 9.88 Å². The summed E-state index contributed by atoms with van der Waals surface area (Å²) in [7, 11) is 1.80. The van der Waals surface area contributed by atoms with Gasteiger partial charge in [0.15, 0.2) is 5.16 Å². The van der Waals surface area contributed by atoms with Gasteiger partial charge in [-0.25, -0.2) is 4.98 Å². The maximum Gasteiger partial charge on any atom is 0.417 e. The number of rotatable bonds is 5. The van der Waals surface area contributed by atoms with Crippen molar-refractivity contribution in [1.29, 1.82) is 0 Å². The third-order valence-electron chi connectivity index (χ3n) is 3.88. The molecule has 28 heavy (non-hydrogen) atoms. The van der Waals surface area contributed by atoms with Gasteiger partial charge in [-0.15, -0.1) is 0 Å². The molecular formula is C19H15ClF3N3OS. The number of hydrogen-bond donors (Lipinski definition) is 1. The molecule has 2 aromatic carbocycles. The van der Waals surface area contributed by atoms with Gasteiger partial charge in [0, 0.05) is 25.1 Å². The average Bonchev–Trinajstić information content (AvgIpc) is 3.05. The van der Waals surface area contributed by atoms with Crippen LogP contribution in [0.25, 0.3) is 0 Å². The molecule has 1 heterocycles. The van der Waals surface area contributed by atoms with Gasteiger partial charge >= 0.3 is 6.18 Å². The monoisotopic (exact) mass is 425 g/mol. The fourth-order valence-electron chi connectivity index (χ4n) is 2.50. The lowest BCUT2D eigenvalue weighted by Gasteiger charge is -2.17. The molecule has 0 aliphatic heterocycles. The van der Waals surface area contributed by atoms with Gasteiger partial charge in [-0.3, -0.25) is 4.79 Å². The predicted molar refractivity (Wildman–Crippen MR) is 103 cm³/mol. The van der Waals surface area contributed by atoms with E-state index >= 15 is 0 Å². The van der Waals surface area contributed by atoms with Crippen LogP contribution < -0.4 is 5.32 Å². The fraction of sp³-hybridized carbons (Fsp3) is 0.158. The summed E-state index contributed by atoms with van der Waals surface area (Å²) in [5.74, 6) is -0.463. The minimum atomic E-state index is -4.61. The number of carbonyl (C=O) groups is 1. The highest BCUT2D eigenvalue weighted by Crippen LogP contribution is 2.38. The molecule has 3 rings (SSSR count). The number of aryl methyl sites for hydroxylation is 1. The molecule has 0 spiro atoms. The van der Waals surface area contributed by atoms with Gasteiger partial charge in [0.05, 0.1) is 10.6 Å². The Morgan fingerprint density at radius 3 is 2.54 bits per heavy atom. The van der Waals surface area contributed by atoms with Crippen LogP contribution in [0.4, 0.5) is 18.9 Å². The molecule has 0 radical (unpaired) electrons. The Kier molecular flexibility index (Phi) is 6.00. The Balaban J connectivity index is 1.89. The molecule has 146 valence electrons. The first-order valence-corrected chi connectivity index (χ1v) is 9.38. The zero-order valence-electron chi connectivity index (χ0n) is 14.6. The van der Waals surface area contributed by atoms with Crippen molar-refractivity contribution < 1.29 is 18.0 Å². The minimum Gasteiger partial charge on any atom is -0.329 e. The second-order valence-corrected chi connectivity index (χ2v) is 7.39. The van der Waals surface area contributed by atoms with Gasteiger partial charge in [-0.2, -0.15) is 13.2 Å². The molecule has 0 saturated carbocycles. The highest BCUT2D eigenvalue weighted by molar-refractivity contribution is 8.00. The predicted octanol–water partition coefficient (Wildman–Crippen LogP) is 5.56. The lowest BCUT2D eigenvalue weighted by Crippen LogP contribution is -2.20. The number of benzene rings is 2. The van der Waals surface area contributed by atoms with Gasteiger partial charge in [0.2, 0.25) is 5.91 Å². The highest BCUT2D eigenvalue weighted by Gasteiger charge is 2.33. The van der Waals surface area contributed by atoms with Crippen molar-refractivity contribution in [3.8, 4) is 0 Å². The van der Waals surface area contributed by atoms with Gasteiger partial charge in [-0.1, -0.05) is 53.7 Å². The molecule has 1 amide bonds. The van der Waals surface area contributed by atoms with E-state index in [1.807, 2.05) is 6.07 Å². The summed E-state index contributed by atoms with van der Waals surface area (Å²) >= 11 is 6.85. The van der Waals surface area contributed by atoms with Crippen molar-refractivity contribution in [1.82, 2.24) is 9.55 Å². The summed E-state index contributed by atoms with van der Waals surface area (Å²) in [4.78, 5) is 17.1. The third kappa shape index (κ3) is 4.69. The summed E-state index contributed by atoms with van der Waals surface area (Å²) in [6, 6.07) is 12.2. The molecule has 0 fully saturated rings. The second-order valence-electron chi connectivity index (χ2n) is 5.91. The summed E-state index contributed by atoms with van der Waals surface area (Å²) in [5.41, 5.74) is -0.277. The number of thioether (sulfide) groups is 1. The summed E-state index contributed by atoms with van der Waals surface area (Å²) in [6.45, 7) is 0. The quantitative estimate of drug-likeness (QED) is 0.544. The maximum absolute atomic E-state index is 13.1. The second kappa shape index (κ2) is 8.28. The largest absolute Gasteiger partial charge is 0.417 e. The molecule has 1 N–H and O–H groups in total. The standard InChI is InChI=1S/C19H15ClF3N3OS/c1-26-10-9-24-18(26)28-16(12-5-3-2-4-6-12)17(27)25-13-7-8-15(20)14(11-13)19(21,22)23/h2-11,16H,1H3,(H,25,27). The lowest BCUT2D eigenvalue weighted by molar-refractivity contribution is -0.137. The van der Waals surface area contributed by atoms with E-state index in [1.54, 1.807) is 48.3 Å². The lowest BCUT2D eigenvalue weighted by atomic mass is 10.1. The van der Waals surface area contributed by atoms with Crippen LogP contribution in [0.1, 0.15) is 16.4 Å². The Morgan fingerprint density at radius 1 is 1.21 bits per heavy atom. The number of hydrogen-bond acceptors (Lipinski definition) is 3. The number of nitrogens with zero attached hydrogens (tertiary/aromatic N) is 2. The first kappa shape index (κ1) is 20.3. The van der Waals surface area contributed by atoms with Gasteiger partial charge in [0.1, 0.15) is 5.25 Å². The number of nitrogens with one attached hydrogen (secondary N) is 1. The molecule has 0 bridgehead atoms. The SMILES string of the molecule is Cn1ccnc1SC(C(=O)Nc1ccc(Cl)c(C(F)(F)F)c1)c1ccccc1. The molecule has 0 aliphatic rings. The fourth-order valence-corrected chi connectivity index (χ4v) is 3.74. The summed E-state index contributed by atoms with van der Waals surface area (Å²) in [5, 5.41) is 2.04. The van der Waals surface area contributed by atoms with Crippen LogP contribution in [0.3, 0.4) is 0 Å². The van der Waals surface area contributed by atoms with E-state index in [9.17, 15) is 18.0 Å². The zero-order valence-corrected chi connectivity index (χ0v) is 16.1. The molecule has 9 heteroatoms. The van der Waals surface area contributed by atoms with E-state index < -0.39 is 27.9 Å². The maximum atomic E-state index is 13.1. The molecule has 1 aromatic heterocycles. The van der Waals surface area contributed by atoms with Crippen molar-refractivity contribution in [2.45, 2.75) is 16.6 Å². The minimum absolute atomic E-state index is 0.0168. The smallest absolute Gasteiger partial charge is 0.329 e. The molecular weight excluding hydrogens is 411 g/mol. The molecule has 1 unspecified atom stereocenters. The Bertz CT molecular complexity index is 976. The first-order valence-electron chi connectivity index (χ1n) is 8.12. The van der Waals surface area contributed by atoms with Gasteiger partial charge in [-0.05, 0) is 23.8 Å². The Hall–Kier alpha value is -2.45. The van der Waals surface area contributed by atoms with Crippen molar-refractivity contribution in [3.05, 3.63) is 77.1 Å². The first-order chi connectivity index (χ1) is 13.3. The van der Waals surface area contributed by atoms with Crippen LogP contribution in [0, 0.1) is 0 Å². The van der Waals surface area contributed by atoms with E-state index in [0.717, 1.165) is 12.1 Å². The topological polar surface area (TPSA) is 46.9 Å². The number of imidazole rings is 1. The molecule has 0 saturated heterocycles. The highest BCUT2D eigenvalue weighted by atomic mass is 35.5. The van der Waals surface area contributed by atoms with Crippen LogP contribution >= 0.6 is 23.4 Å². The van der Waals surface area contributed by atoms with E-state index in [4.69, 9.17) is 11.6 Å².